The van der Waals surface area contributed by atoms with Crippen LogP contribution < -0.4 is 0 Å². The number of carbonyl (C=O) groups excluding carboxylic acids is 1. The highest BCUT2D eigenvalue weighted by Crippen LogP contribution is 2.43. The van der Waals surface area contributed by atoms with E-state index in [1.807, 2.05) is 72.8 Å². The van der Waals surface area contributed by atoms with E-state index in [0.717, 1.165) is 22.3 Å². The molecule has 7 rings (SSSR count). The van der Waals surface area contributed by atoms with Crippen LogP contribution >= 0.6 is 0 Å². The van der Waals surface area contributed by atoms with Crippen molar-refractivity contribution in [2.75, 3.05) is 13.7 Å². The van der Waals surface area contributed by atoms with Crippen LogP contribution in [0.25, 0.3) is 0 Å². The minimum atomic E-state index is -0.885. The Hall–Kier alpha value is -3.61. The van der Waals surface area contributed by atoms with Gasteiger partial charge in [-0.3, -0.25) is 9.69 Å². The predicted octanol–water partition coefficient (Wildman–Crippen LogP) is 5.19. The van der Waals surface area contributed by atoms with Crippen LogP contribution in [0.4, 0.5) is 0 Å². The molecule has 0 amide bonds. The van der Waals surface area contributed by atoms with Crippen LogP contribution in [0.5, 0.6) is 0 Å². The van der Waals surface area contributed by atoms with Crippen LogP contribution in [0.1, 0.15) is 22.3 Å². The molecule has 0 aliphatic carbocycles. The van der Waals surface area contributed by atoms with Crippen molar-refractivity contribution >= 4 is 5.78 Å². The zero-order valence-electron chi connectivity index (χ0n) is 21.4. The maximum Gasteiger partial charge on any atom is 0.180 e. The molecule has 5 heteroatoms. The highest BCUT2D eigenvalue weighted by atomic mass is 16.7. The molecule has 2 bridgehead atoms. The standard InChI is InChI=1S/C33H31NO4/c1-36-32-30-31(35)29(34(30)22-24-14-6-2-7-15-24)28(38-32)23-37-33(25-16-8-3-9-17-25,26-18-10-4-11-19-26)27-20-12-5-13-21-27/h2-21,28-30,32H,22-23H2,1H3/t28-,29+,30+,32-/m1/s1. The molecule has 0 N–H and O–H groups in total. The number of benzene rings is 4. The Labute approximate surface area is 223 Å². The molecule has 192 valence electrons. The first-order valence-electron chi connectivity index (χ1n) is 13.0. The molecule has 3 aliphatic rings. The van der Waals surface area contributed by atoms with Crippen LogP contribution in [-0.2, 0) is 31.2 Å². The Kier molecular flexibility index (Phi) is 6.92. The summed E-state index contributed by atoms with van der Waals surface area (Å²) in [5.41, 5.74) is 3.30. The highest BCUT2D eigenvalue weighted by molar-refractivity contribution is 5.96. The Morgan fingerprint density at radius 3 is 1.66 bits per heavy atom. The lowest BCUT2D eigenvalue weighted by Gasteiger charge is -2.57. The van der Waals surface area contributed by atoms with Crippen LogP contribution in [-0.4, -0.2) is 48.9 Å². The van der Waals surface area contributed by atoms with E-state index in [0.29, 0.717) is 6.54 Å². The van der Waals surface area contributed by atoms with Crippen molar-refractivity contribution < 1.29 is 19.0 Å². The normalized spacial score (nSPS) is 23.1. The zero-order chi connectivity index (χ0) is 26.0. The molecule has 3 fully saturated rings. The molecule has 4 aromatic carbocycles. The average molecular weight is 506 g/mol. The number of morpholine rings is 1. The van der Waals surface area contributed by atoms with Gasteiger partial charge >= 0.3 is 0 Å². The summed E-state index contributed by atoms with van der Waals surface area (Å²) in [5.74, 6) is 0.150. The van der Waals surface area contributed by atoms with E-state index in [2.05, 4.69) is 53.4 Å². The Morgan fingerprint density at radius 2 is 1.18 bits per heavy atom. The molecule has 5 nitrogen and oxygen atoms in total. The van der Waals surface area contributed by atoms with E-state index in [-0.39, 0.29) is 18.4 Å². The molecule has 3 saturated heterocycles. The van der Waals surface area contributed by atoms with E-state index in [1.54, 1.807) is 7.11 Å². The Morgan fingerprint density at radius 1 is 0.711 bits per heavy atom. The van der Waals surface area contributed by atoms with Gasteiger partial charge in [-0.05, 0) is 22.3 Å². The second-order valence-corrected chi connectivity index (χ2v) is 9.82. The number of hydrogen-bond acceptors (Lipinski definition) is 5. The number of ether oxygens (including phenoxy) is 3. The first-order chi connectivity index (χ1) is 18.7. The van der Waals surface area contributed by atoms with Gasteiger partial charge in [0.15, 0.2) is 12.1 Å². The van der Waals surface area contributed by atoms with Gasteiger partial charge in [0.1, 0.15) is 23.8 Å². The first kappa shape index (κ1) is 24.7. The maximum atomic E-state index is 13.3. The maximum absolute atomic E-state index is 13.3. The molecular weight excluding hydrogens is 474 g/mol. The minimum Gasteiger partial charge on any atom is -0.358 e. The SMILES string of the molecule is CO[C@@H]1O[C@H](COC(c2ccccc2)(c2ccccc2)c2ccccc2)[C@H]2C(=O)[C@@H]1N2Cc1ccccc1. The molecule has 38 heavy (non-hydrogen) atoms. The highest BCUT2D eigenvalue weighted by Gasteiger charge is 2.60. The van der Waals surface area contributed by atoms with E-state index < -0.39 is 24.0 Å². The third-order valence-electron chi connectivity index (χ3n) is 7.66. The molecule has 0 saturated carbocycles. The molecule has 0 unspecified atom stereocenters. The number of carbonyl (C=O) groups is 1. The smallest absolute Gasteiger partial charge is 0.180 e. The van der Waals surface area contributed by atoms with Gasteiger partial charge in [-0.2, -0.15) is 0 Å². The van der Waals surface area contributed by atoms with Gasteiger partial charge in [0.2, 0.25) is 0 Å². The number of fused-ring (bicyclic) bond motifs is 2. The fraction of sp³-hybridized carbons (Fsp3) is 0.242. The van der Waals surface area contributed by atoms with Crippen LogP contribution in [0, 0.1) is 0 Å². The minimum absolute atomic E-state index is 0.150. The van der Waals surface area contributed by atoms with Crippen LogP contribution in [0.3, 0.4) is 0 Å². The van der Waals surface area contributed by atoms with Gasteiger partial charge in [0.05, 0.1) is 6.61 Å². The Bertz CT molecular complexity index is 1250. The van der Waals surface area contributed by atoms with Gasteiger partial charge in [0, 0.05) is 13.7 Å². The van der Waals surface area contributed by atoms with Crippen molar-refractivity contribution in [2.24, 2.45) is 0 Å². The second kappa shape index (κ2) is 10.6. The molecular formula is C33H31NO4. The van der Waals surface area contributed by atoms with E-state index in [1.165, 1.54) is 0 Å². The zero-order valence-corrected chi connectivity index (χ0v) is 21.4. The number of nitrogens with zero attached hydrogens (tertiary/aromatic N) is 1. The number of methoxy groups -OCH3 is 1. The lowest BCUT2D eigenvalue weighted by atomic mass is 9.79. The fourth-order valence-electron chi connectivity index (χ4n) is 5.88. The summed E-state index contributed by atoms with van der Waals surface area (Å²) in [7, 11) is 1.59. The summed E-state index contributed by atoms with van der Waals surface area (Å²) in [6, 6.07) is 40.1. The van der Waals surface area contributed by atoms with Gasteiger partial charge in [-0.15, -0.1) is 0 Å². The summed E-state index contributed by atoms with van der Waals surface area (Å²) >= 11 is 0. The van der Waals surface area contributed by atoms with Gasteiger partial charge in [-0.25, -0.2) is 0 Å². The van der Waals surface area contributed by atoms with Gasteiger partial charge in [-0.1, -0.05) is 121 Å². The van der Waals surface area contributed by atoms with Crippen LogP contribution in [0.2, 0.25) is 0 Å². The third kappa shape index (κ3) is 4.28. The van der Waals surface area contributed by atoms with Gasteiger partial charge < -0.3 is 14.2 Å². The number of hydrogen-bond donors (Lipinski definition) is 0. The summed E-state index contributed by atoms with van der Waals surface area (Å²) in [5, 5.41) is 0. The second-order valence-electron chi connectivity index (χ2n) is 9.82. The van der Waals surface area contributed by atoms with Gasteiger partial charge in [0.25, 0.3) is 0 Å². The third-order valence-corrected chi connectivity index (χ3v) is 7.66. The lowest BCUT2D eigenvalue weighted by Crippen LogP contribution is -2.78. The lowest BCUT2D eigenvalue weighted by molar-refractivity contribution is -0.281. The van der Waals surface area contributed by atoms with Crippen LogP contribution in [0.15, 0.2) is 121 Å². The number of rotatable bonds is 9. The Balaban J connectivity index is 1.37. The summed E-state index contributed by atoms with van der Waals surface area (Å²) in [6.07, 6.45) is -1.11. The summed E-state index contributed by atoms with van der Waals surface area (Å²) < 4.78 is 19.0. The fourth-order valence-corrected chi connectivity index (χ4v) is 5.88. The number of ketones is 1. The van der Waals surface area contributed by atoms with E-state index in [4.69, 9.17) is 14.2 Å². The predicted molar refractivity (Wildman–Crippen MR) is 145 cm³/mol. The molecule has 0 spiro atoms. The molecule has 3 aliphatic heterocycles. The molecule has 3 heterocycles. The quantitative estimate of drug-likeness (QED) is 0.293. The largest absolute Gasteiger partial charge is 0.358 e. The van der Waals surface area contributed by atoms with E-state index in [9.17, 15) is 4.79 Å². The van der Waals surface area contributed by atoms with Crippen molar-refractivity contribution in [2.45, 2.75) is 36.6 Å². The topological polar surface area (TPSA) is 48.0 Å². The number of Topliss-reactive ketones (excluding diaryl/α,β-unsaturated/α-hetero) is 1. The van der Waals surface area contributed by atoms with Crippen molar-refractivity contribution in [1.29, 1.82) is 0 Å². The summed E-state index contributed by atoms with van der Waals surface area (Å²) in [6.45, 7) is 0.871. The average Bonchev–Trinajstić information content (AvgIpc) is 2.99. The van der Waals surface area contributed by atoms with Crippen molar-refractivity contribution in [3.63, 3.8) is 0 Å². The molecule has 0 radical (unpaired) electrons. The molecule has 4 aromatic rings. The molecule has 0 aromatic heterocycles. The van der Waals surface area contributed by atoms with Crippen molar-refractivity contribution in [3.05, 3.63) is 144 Å². The van der Waals surface area contributed by atoms with Crippen molar-refractivity contribution in [1.82, 2.24) is 4.90 Å². The molecule has 4 atom stereocenters. The first-order valence-corrected chi connectivity index (χ1v) is 13.0. The monoisotopic (exact) mass is 505 g/mol. The van der Waals surface area contributed by atoms with Crippen molar-refractivity contribution in [3.8, 4) is 0 Å². The summed E-state index contributed by atoms with van der Waals surface area (Å²) in [4.78, 5) is 15.5. The van der Waals surface area contributed by atoms with E-state index >= 15 is 0 Å².